The van der Waals surface area contributed by atoms with Crippen LogP contribution in [0.15, 0.2) is 30.5 Å². The van der Waals surface area contributed by atoms with E-state index in [-0.39, 0.29) is 31.6 Å². The minimum atomic E-state index is -0.627. The second-order valence-electron chi connectivity index (χ2n) is 9.91. The monoisotopic (exact) mass is 492 g/mol. The molecule has 4 aliphatic rings. The molecule has 1 unspecified atom stereocenters. The summed E-state index contributed by atoms with van der Waals surface area (Å²) in [6.07, 6.45) is 6.39. The highest BCUT2D eigenvalue weighted by atomic mass is 19.1. The number of imide groups is 1. The zero-order valence-electron chi connectivity index (χ0n) is 19.8. The van der Waals surface area contributed by atoms with Crippen LogP contribution in [0.1, 0.15) is 55.0 Å². The van der Waals surface area contributed by atoms with Gasteiger partial charge in [-0.05, 0) is 54.7 Å². The molecule has 9 heteroatoms. The highest BCUT2D eigenvalue weighted by Crippen LogP contribution is 2.31. The zero-order chi connectivity index (χ0) is 24.8. The van der Waals surface area contributed by atoms with Crippen LogP contribution in [0.5, 0.6) is 5.75 Å². The molecule has 1 N–H and O–H groups in total. The van der Waals surface area contributed by atoms with E-state index in [2.05, 4.69) is 15.2 Å². The third kappa shape index (κ3) is 4.28. The van der Waals surface area contributed by atoms with Gasteiger partial charge in [-0.2, -0.15) is 0 Å². The Kier molecular flexibility index (Phi) is 5.79. The van der Waals surface area contributed by atoms with Gasteiger partial charge in [-0.25, -0.2) is 4.39 Å². The molecular weight excluding hydrogens is 463 g/mol. The van der Waals surface area contributed by atoms with Crippen molar-refractivity contribution in [3.8, 4) is 5.75 Å². The first-order chi connectivity index (χ1) is 17.4. The van der Waals surface area contributed by atoms with Crippen LogP contribution in [0.4, 0.5) is 4.39 Å². The fraction of sp³-hybridized carbons (Fsp3) is 0.407. The van der Waals surface area contributed by atoms with Gasteiger partial charge >= 0.3 is 0 Å². The van der Waals surface area contributed by atoms with Crippen LogP contribution in [0, 0.1) is 0 Å². The van der Waals surface area contributed by atoms with Crippen LogP contribution in [-0.2, 0) is 22.7 Å². The zero-order valence-corrected chi connectivity index (χ0v) is 19.8. The molecule has 1 aromatic carbocycles. The lowest BCUT2D eigenvalue weighted by Gasteiger charge is -2.29. The maximum Gasteiger partial charge on any atom is 0.255 e. The third-order valence-electron chi connectivity index (χ3n) is 7.40. The lowest BCUT2D eigenvalue weighted by Crippen LogP contribution is -2.52. The van der Waals surface area contributed by atoms with Crippen LogP contribution in [0.25, 0.3) is 11.9 Å². The molecule has 0 spiro atoms. The second kappa shape index (κ2) is 9.13. The number of fused-ring (bicyclic) bond motifs is 2. The summed E-state index contributed by atoms with van der Waals surface area (Å²) in [7, 11) is 0. The van der Waals surface area contributed by atoms with Crippen molar-refractivity contribution >= 4 is 29.6 Å². The first-order valence-electron chi connectivity index (χ1n) is 12.4. The van der Waals surface area contributed by atoms with E-state index < -0.39 is 11.9 Å². The molecule has 0 saturated carbocycles. The van der Waals surface area contributed by atoms with Crippen molar-refractivity contribution in [3.05, 3.63) is 57.7 Å². The molecule has 1 aromatic heterocycles. The number of nitrogens with one attached hydrogen (secondary N) is 1. The minimum Gasteiger partial charge on any atom is -0.489 e. The van der Waals surface area contributed by atoms with Gasteiger partial charge in [-0.15, -0.1) is 0 Å². The molecule has 0 bridgehead atoms. The van der Waals surface area contributed by atoms with Crippen LogP contribution in [0.3, 0.4) is 0 Å². The Morgan fingerprint density at radius 2 is 2.06 bits per heavy atom. The quantitative estimate of drug-likeness (QED) is 0.635. The molecular formula is C27H29FN4O4. The number of carbonyl (C=O) groups is 3. The summed E-state index contributed by atoms with van der Waals surface area (Å²) in [6.45, 7) is 2.62. The van der Waals surface area contributed by atoms with Crippen molar-refractivity contribution in [1.29, 1.82) is 0 Å². The van der Waals surface area contributed by atoms with Gasteiger partial charge in [0.15, 0.2) is 0 Å². The Balaban J connectivity index is 0.00000280. The molecule has 2 atom stereocenters. The van der Waals surface area contributed by atoms with E-state index in [9.17, 15) is 18.8 Å². The number of piperidine rings is 1. The van der Waals surface area contributed by atoms with E-state index in [1.807, 2.05) is 24.4 Å². The molecule has 8 nitrogen and oxygen atoms in total. The first-order valence-corrected chi connectivity index (χ1v) is 12.4. The first kappa shape index (κ1) is 22.8. The van der Waals surface area contributed by atoms with Gasteiger partial charge in [0.05, 0.1) is 5.35 Å². The molecule has 2 aromatic rings. The Bertz CT molecular complexity index is 1400. The van der Waals surface area contributed by atoms with Gasteiger partial charge in [-0.3, -0.25) is 29.6 Å². The largest absolute Gasteiger partial charge is 0.489 e. The summed E-state index contributed by atoms with van der Waals surface area (Å²) in [5, 5.41) is 3.67. The summed E-state index contributed by atoms with van der Waals surface area (Å²) in [6, 6.07) is 6.72. The Labute approximate surface area is 208 Å². The fourth-order valence-corrected chi connectivity index (χ4v) is 5.57. The summed E-state index contributed by atoms with van der Waals surface area (Å²) < 4.78 is 20.5. The van der Waals surface area contributed by atoms with Crippen LogP contribution in [-0.4, -0.2) is 57.7 Å². The molecule has 1 aliphatic carbocycles. The Morgan fingerprint density at radius 1 is 1.17 bits per heavy atom. The molecule has 6 rings (SSSR count). The van der Waals surface area contributed by atoms with Crippen LogP contribution >= 0.6 is 0 Å². The van der Waals surface area contributed by atoms with E-state index in [1.54, 1.807) is 12.1 Å². The average molecular weight is 493 g/mol. The number of hydrogen-bond acceptors (Lipinski definition) is 6. The van der Waals surface area contributed by atoms with E-state index in [0.717, 1.165) is 36.0 Å². The molecule has 2 fully saturated rings. The molecule has 188 valence electrons. The van der Waals surface area contributed by atoms with Gasteiger partial charge < -0.3 is 9.64 Å². The molecule has 3 aliphatic heterocycles. The predicted octanol–water partition coefficient (Wildman–Crippen LogP) is 1.39. The number of pyridine rings is 1. The Morgan fingerprint density at radius 3 is 2.92 bits per heavy atom. The van der Waals surface area contributed by atoms with E-state index in [4.69, 9.17) is 4.74 Å². The number of nitrogens with zero attached hydrogens (tertiary/aromatic N) is 3. The molecule has 0 radical (unpaired) electrons. The van der Waals surface area contributed by atoms with Gasteiger partial charge in [0.2, 0.25) is 11.8 Å². The van der Waals surface area contributed by atoms with Crippen molar-refractivity contribution < 1.29 is 24.9 Å². The number of amides is 3. The number of rotatable bonds is 5. The van der Waals surface area contributed by atoms with Crippen molar-refractivity contribution in [2.24, 2.45) is 0 Å². The predicted molar refractivity (Wildman–Crippen MR) is 131 cm³/mol. The number of halogens is 1. The van der Waals surface area contributed by atoms with Gasteiger partial charge in [0.1, 0.15) is 23.7 Å². The van der Waals surface area contributed by atoms with Crippen molar-refractivity contribution in [2.45, 2.75) is 57.3 Å². The summed E-state index contributed by atoms with van der Waals surface area (Å²) >= 11 is 0. The van der Waals surface area contributed by atoms with Crippen LogP contribution in [0.2, 0.25) is 0 Å². The van der Waals surface area contributed by atoms with Gasteiger partial charge in [-0.1, -0.05) is 6.08 Å². The van der Waals surface area contributed by atoms with Crippen LogP contribution < -0.4 is 20.6 Å². The summed E-state index contributed by atoms with van der Waals surface area (Å²) in [5.74, 6) is -0.295. The SMILES string of the molecule is O=C1CCC(N2Cc3cc(O[C@H]4CCN(Cc5cnc6c(c5)=C(F)CCC=6)C4)ccc3C2=O)C(=O)N1.[HH]. The average Bonchev–Trinajstić information content (AvgIpc) is 3.43. The minimum absolute atomic E-state index is 0. The molecule has 36 heavy (non-hydrogen) atoms. The van der Waals surface area contributed by atoms with E-state index >= 15 is 0 Å². The fourth-order valence-electron chi connectivity index (χ4n) is 5.57. The van der Waals surface area contributed by atoms with Crippen molar-refractivity contribution in [2.75, 3.05) is 13.1 Å². The van der Waals surface area contributed by atoms with E-state index in [1.165, 1.54) is 4.90 Å². The van der Waals surface area contributed by atoms with E-state index in [0.29, 0.717) is 48.9 Å². The number of carbonyl (C=O) groups excluding carboxylic acids is 3. The number of aromatic nitrogens is 1. The maximum atomic E-state index is 14.2. The van der Waals surface area contributed by atoms with Gasteiger partial charge in [0, 0.05) is 57.4 Å². The summed E-state index contributed by atoms with van der Waals surface area (Å²) in [5.41, 5.74) is 2.39. The second-order valence-corrected chi connectivity index (χ2v) is 9.91. The standard InChI is InChI=1S/C27H27FN4O4.H2/c28-22-2-1-3-23-21(22)10-16(12-29-23)13-31-9-8-19(15-31)36-18-4-5-20-17(11-18)14-32(27(20)35)24-6-7-25(33)30-26(24)34;/h3-5,10-12,19,24H,1-2,6-9,13-15H2,(H,30,33,34);1H/t19-,24?;/m0./s1. The number of ether oxygens (including phenoxy) is 1. The topological polar surface area (TPSA) is 91.8 Å². The van der Waals surface area contributed by atoms with Crippen molar-refractivity contribution in [1.82, 2.24) is 20.1 Å². The third-order valence-corrected chi connectivity index (χ3v) is 7.40. The molecule has 4 heterocycles. The smallest absolute Gasteiger partial charge is 0.255 e. The lowest BCUT2D eigenvalue weighted by molar-refractivity contribution is -0.136. The number of likely N-dealkylation sites (tertiary alicyclic amines) is 1. The molecule has 3 amide bonds. The maximum absolute atomic E-state index is 14.2. The highest BCUT2D eigenvalue weighted by Gasteiger charge is 2.39. The highest BCUT2D eigenvalue weighted by molar-refractivity contribution is 6.05. The normalized spacial score (nSPS) is 23.9. The van der Waals surface area contributed by atoms with Crippen molar-refractivity contribution in [3.63, 3.8) is 0 Å². The van der Waals surface area contributed by atoms with Gasteiger partial charge in [0.25, 0.3) is 5.91 Å². The number of hydrogen-bond donors (Lipinski definition) is 1. The lowest BCUT2D eigenvalue weighted by atomic mass is 10.0. The number of benzene rings is 1. The molecule has 2 saturated heterocycles. The summed E-state index contributed by atoms with van der Waals surface area (Å²) in [4.78, 5) is 44.9. The Hall–Kier alpha value is -3.59.